The van der Waals surface area contributed by atoms with Crippen molar-refractivity contribution in [3.8, 4) is 5.75 Å². The number of hydrogen-bond donors (Lipinski definition) is 3. The number of phenols is 1. The first kappa shape index (κ1) is 10.3. The van der Waals surface area contributed by atoms with Crippen molar-refractivity contribution in [1.82, 2.24) is 4.98 Å². The highest BCUT2D eigenvalue weighted by Crippen LogP contribution is 2.32. The van der Waals surface area contributed by atoms with Crippen LogP contribution < -0.4 is 11.1 Å². The SMILES string of the molecule is CC(=O)Nc1cc(C)c(O)c2[nH]c(=O)oc12. The van der Waals surface area contributed by atoms with Crippen LogP contribution in [0.3, 0.4) is 0 Å². The summed E-state index contributed by atoms with van der Waals surface area (Å²) in [5.74, 6) is -1.02. The van der Waals surface area contributed by atoms with Crippen molar-refractivity contribution < 1.29 is 14.3 Å². The molecule has 0 saturated heterocycles. The van der Waals surface area contributed by atoms with Crippen LogP contribution in [-0.2, 0) is 4.79 Å². The fourth-order valence-electron chi connectivity index (χ4n) is 1.51. The van der Waals surface area contributed by atoms with Gasteiger partial charge in [0, 0.05) is 6.92 Å². The Morgan fingerprint density at radius 1 is 1.56 bits per heavy atom. The number of aryl methyl sites for hydroxylation is 1. The predicted molar refractivity (Wildman–Crippen MR) is 57.5 cm³/mol. The van der Waals surface area contributed by atoms with Crippen molar-refractivity contribution in [2.24, 2.45) is 0 Å². The van der Waals surface area contributed by atoms with Crippen LogP contribution in [0.15, 0.2) is 15.3 Å². The monoisotopic (exact) mass is 222 g/mol. The number of hydrogen-bond acceptors (Lipinski definition) is 4. The molecule has 2 rings (SSSR count). The van der Waals surface area contributed by atoms with E-state index in [1.54, 1.807) is 6.92 Å². The molecule has 1 heterocycles. The van der Waals surface area contributed by atoms with E-state index in [9.17, 15) is 14.7 Å². The molecule has 1 aromatic carbocycles. The summed E-state index contributed by atoms with van der Waals surface area (Å²) in [6, 6.07) is 1.54. The van der Waals surface area contributed by atoms with Crippen LogP contribution in [0.4, 0.5) is 5.69 Å². The molecular weight excluding hydrogens is 212 g/mol. The highest BCUT2D eigenvalue weighted by atomic mass is 16.4. The van der Waals surface area contributed by atoms with Crippen LogP contribution in [0, 0.1) is 6.92 Å². The molecule has 16 heavy (non-hydrogen) atoms. The Hall–Kier alpha value is -2.24. The molecule has 0 bridgehead atoms. The van der Waals surface area contributed by atoms with Crippen molar-refractivity contribution >= 4 is 22.7 Å². The smallest absolute Gasteiger partial charge is 0.417 e. The zero-order valence-electron chi connectivity index (χ0n) is 8.75. The lowest BCUT2D eigenvalue weighted by Gasteiger charge is -2.05. The lowest BCUT2D eigenvalue weighted by Crippen LogP contribution is -2.06. The van der Waals surface area contributed by atoms with Crippen LogP contribution in [0.1, 0.15) is 12.5 Å². The molecule has 0 aliphatic carbocycles. The van der Waals surface area contributed by atoms with Gasteiger partial charge in [0.05, 0.1) is 5.69 Å². The number of fused-ring (bicyclic) bond motifs is 1. The standard InChI is InChI=1S/C10H10N2O4/c1-4-3-6(11-5(2)13)9-7(8(4)14)12-10(15)16-9/h3,14H,1-2H3,(H,11,13)(H,12,15). The quantitative estimate of drug-likeness (QED) is 0.629. The number of carbonyl (C=O) groups excluding carboxylic acids is 1. The summed E-state index contributed by atoms with van der Waals surface area (Å²) in [4.78, 5) is 24.4. The van der Waals surface area contributed by atoms with E-state index in [1.807, 2.05) is 0 Å². The molecule has 0 fully saturated rings. The van der Waals surface area contributed by atoms with Crippen molar-refractivity contribution in [3.63, 3.8) is 0 Å². The van der Waals surface area contributed by atoms with Gasteiger partial charge in [-0.2, -0.15) is 0 Å². The number of oxazole rings is 1. The lowest BCUT2D eigenvalue weighted by molar-refractivity contribution is -0.114. The molecule has 0 atom stereocenters. The Balaban J connectivity index is 2.78. The first-order chi connectivity index (χ1) is 7.49. The number of carbonyl (C=O) groups is 1. The highest BCUT2D eigenvalue weighted by molar-refractivity contribution is 5.99. The molecule has 6 heteroatoms. The molecule has 0 aliphatic heterocycles. The zero-order chi connectivity index (χ0) is 11.9. The van der Waals surface area contributed by atoms with E-state index in [0.717, 1.165) is 0 Å². The fourth-order valence-corrected chi connectivity index (χ4v) is 1.51. The van der Waals surface area contributed by atoms with E-state index in [2.05, 4.69) is 10.3 Å². The summed E-state index contributed by atoms with van der Waals surface area (Å²) in [7, 11) is 0. The molecule has 0 unspecified atom stereocenters. The molecule has 1 amide bonds. The molecule has 84 valence electrons. The molecule has 0 radical (unpaired) electrons. The van der Waals surface area contributed by atoms with E-state index in [4.69, 9.17) is 4.42 Å². The summed E-state index contributed by atoms with van der Waals surface area (Å²) in [6.45, 7) is 3.00. The number of nitrogens with one attached hydrogen (secondary N) is 2. The first-order valence-corrected chi connectivity index (χ1v) is 4.62. The van der Waals surface area contributed by atoms with Gasteiger partial charge in [-0.15, -0.1) is 0 Å². The van der Waals surface area contributed by atoms with Crippen LogP contribution in [0.5, 0.6) is 5.75 Å². The maximum atomic E-state index is 11.0. The van der Waals surface area contributed by atoms with E-state index >= 15 is 0 Å². The van der Waals surface area contributed by atoms with Gasteiger partial charge in [0.15, 0.2) is 5.58 Å². The van der Waals surface area contributed by atoms with E-state index in [0.29, 0.717) is 11.3 Å². The maximum Gasteiger partial charge on any atom is 0.417 e. The number of aromatic nitrogens is 1. The number of H-pyrrole nitrogens is 1. The number of rotatable bonds is 1. The van der Waals surface area contributed by atoms with Gasteiger partial charge in [-0.25, -0.2) is 4.79 Å². The van der Waals surface area contributed by atoms with Crippen LogP contribution >= 0.6 is 0 Å². The van der Waals surface area contributed by atoms with Crippen molar-refractivity contribution in [2.45, 2.75) is 13.8 Å². The Morgan fingerprint density at radius 2 is 2.25 bits per heavy atom. The Kier molecular flexibility index (Phi) is 2.19. The Labute approximate surface area is 89.9 Å². The molecular formula is C10H10N2O4. The summed E-state index contributed by atoms with van der Waals surface area (Å²) in [5, 5.41) is 12.2. The average Bonchev–Trinajstić information content (AvgIpc) is 2.56. The van der Waals surface area contributed by atoms with Crippen LogP contribution in [0.2, 0.25) is 0 Å². The van der Waals surface area contributed by atoms with Crippen molar-refractivity contribution in [3.05, 3.63) is 22.2 Å². The summed E-state index contributed by atoms with van der Waals surface area (Å²) < 4.78 is 4.85. The third-order valence-electron chi connectivity index (χ3n) is 2.18. The van der Waals surface area contributed by atoms with E-state index in [1.165, 1.54) is 13.0 Å². The minimum Gasteiger partial charge on any atom is -0.505 e. The van der Waals surface area contributed by atoms with Gasteiger partial charge in [0.1, 0.15) is 11.3 Å². The normalized spacial score (nSPS) is 10.6. The second kappa shape index (κ2) is 3.41. The second-order valence-corrected chi connectivity index (χ2v) is 3.49. The number of aromatic amines is 1. The number of benzene rings is 1. The van der Waals surface area contributed by atoms with E-state index in [-0.39, 0.29) is 22.8 Å². The fraction of sp³-hybridized carbons (Fsp3) is 0.200. The van der Waals surface area contributed by atoms with Gasteiger partial charge >= 0.3 is 5.76 Å². The zero-order valence-corrected chi connectivity index (χ0v) is 8.75. The minimum atomic E-state index is -0.678. The van der Waals surface area contributed by atoms with Crippen molar-refractivity contribution in [2.75, 3.05) is 5.32 Å². The Bertz CT molecular complexity index is 624. The summed E-state index contributed by atoms with van der Waals surface area (Å²) in [6.07, 6.45) is 0. The van der Waals surface area contributed by atoms with Gasteiger partial charge in [0.2, 0.25) is 5.91 Å². The minimum absolute atomic E-state index is 0.0602. The number of aromatic hydroxyl groups is 1. The molecule has 0 aliphatic rings. The van der Waals surface area contributed by atoms with Crippen molar-refractivity contribution in [1.29, 1.82) is 0 Å². The molecule has 2 aromatic rings. The van der Waals surface area contributed by atoms with Crippen LogP contribution in [0.25, 0.3) is 11.1 Å². The van der Waals surface area contributed by atoms with Gasteiger partial charge < -0.3 is 14.8 Å². The number of anilines is 1. The topological polar surface area (TPSA) is 95.3 Å². The Morgan fingerprint density at radius 3 is 2.88 bits per heavy atom. The molecule has 6 nitrogen and oxygen atoms in total. The van der Waals surface area contributed by atoms with Gasteiger partial charge in [-0.05, 0) is 18.6 Å². The first-order valence-electron chi connectivity index (χ1n) is 4.62. The summed E-state index contributed by atoms with van der Waals surface area (Å²) >= 11 is 0. The van der Waals surface area contributed by atoms with Gasteiger partial charge in [-0.1, -0.05) is 0 Å². The second-order valence-electron chi connectivity index (χ2n) is 3.49. The number of phenolic OH excluding ortho intramolecular Hbond substituents is 1. The third kappa shape index (κ3) is 1.54. The molecule has 1 aromatic heterocycles. The molecule has 3 N–H and O–H groups in total. The third-order valence-corrected chi connectivity index (χ3v) is 2.18. The van der Waals surface area contributed by atoms with E-state index < -0.39 is 5.76 Å². The molecule has 0 spiro atoms. The van der Waals surface area contributed by atoms with Crippen LogP contribution in [-0.4, -0.2) is 16.0 Å². The van der Waals surface area contributed by atoms with Gasteiger partial charge in [-0.3, -0.25) is 9.78 Å². The number of amides is 1. The largest absolute Gasteiger partial charge is 0.505 e. The average molecular weight is 222 g/mol. The predicted octanol–water partition coefficient (Wildman–Crippen LogP) is 1.09. The molecule has 0 saturated carbocycles. The van der Waals surface area contributed by atoms with Gasteiger partial charge in [0.25, 0.3) is 0 Å². The highest BCUT2D eigenvalue weighted by Gasteiger charge is 2.14. The maximum absolute atomic E-state index is 11.0. The lowest BCUT2D eigenvalue weighted by atomic mass is 10.1. The summed E-state index contributed by atoms with van der Waals surface area (Å²) in [5.41, 5.74) is 1.22.